The van der Waals surface area contributed by atoms with Crippen LogP contribution in [0.2, 0.25) is 0 Å². The lowest BCUT2D eigenvalue weighted by atomic mass is 9.97. The van der Waals surface area contributed by atoms with Crippen LogP contribution in [0.1, 0.15) is 28.8 Å². The minimum atomic E-state index is 0.00882. The number of ether oxygens (including phenoxy) is 1. The second kappa shape index (κ2) is 7.65. The standard InChI is InChI=1S/C20H20N2O2/c21-14-17-5-4-6-18(13-17)20(23)22-11-9-16(10-12-22)15-24-19-7-2-1-3-8-19/h1-8,13,16H,9-12,15H2. The third-order valence-electron chi connectivity index (χ3n) is 4.37. The summed E-state index contributed by atoms with van der Waals surface area (Å²) in [5.41, 5.74) is 1.11. The number of carbonyl (C=O) groups is 1. The van der Waals surface area contributed by atoms with E-state index < -0.39 is 0 Å². The molecule has 1 amide bonds. The number of nitriles is 1. The topological polar surface area (TPSA) is 53.3 Å². The van der Waals surface area contributed by atoms with E-state index in [1.165, 1.54) is 0 Å². The normalized spacial score (nSPS) is 14.9. The van der Waals surface area contributed by atoms with Crippen molar-refractivity contribution in [2.24, 2.45) is 5.92 Å². The van der Waals surface area contributed by atoms with E-state index in [4.69, 9.17) is 10.00 Å². The number of para-hydroxylation sites is 1. The quantitative estimate of drug-likeness (QED) is 0.866. The number of carbonyl (C=O) groups excluding carboxylic acids is 1. The Kier molecular flexibility index (Phi) is 5.12. The predicted molar refractivity (Wildman–Crippen MR) is 91.7 cm³/mol. The number of hydrogen-bond donors (Lipinski definition) is 0. The molecule has 1 saturated heterocycles. The lowest BCUT2D eigenvalue weighted by Gasteiger charge is -2.32. The Bertz CT molecular complexity index is 729. The zero-order valence-corrected chi connectivity index (χ0v) is 13.5. The van der Waals surface area contributed by atoms with Gasteiger partial charge in [0.2, 0.25) is 0 Å². The third kappa shape index (κ3) is 3.94. The molecule has 1 aliphatic heterocycles. The van der Waals surface area contributed by atoms with Gasteiger partial charge in [0, 0.05) is 18.7 Å². The monoisotopic (exact) mass is 320 g/mol. The van der Waals surface area contributed by atoms with Crippen molar-refractivity contribution in [2.45, 2.75) is 12.8 Å². The maximum absolute atomic E-state index is 12.5. The first-order valence-electron chi connectivity index (χ1n) is 8.23. The molecule has 0 radical (unpaired) electrons. The van der Waals surface area contributed by atoms with Crippen molar-refractivity contribution in [3.8, 4) is 11.8 Å². The van der Waals surface area contributed by atoms with Gasteiger partial charge in [-0.1, -0.05) is 24.3 Å². The van der Waals surface area contributed by atoms with Gasteiger partial charge in [0.1, 0.15) is 5.75 Å². The Balaban J connectivity index is 1.51. The Morgan fingerprint density at radius 2 is 1.88 bits per heavy atom. The van der Waals surface area contributed by atoms with E-state index in [9.17, 15) is 4.79 Å². The fourth-order valence-corrected chi connectivity index (χ4v) is 2.94. The smallest absolute Gasteiger partial charge is 0.253 e. The van der Waals surface area contributed by atoms with E-state index in [0.717, 1.165) is 31.7 Å². The highest BCUT2D eigenvalue weighted by atomic mass is 16.5. The molecule has 1 aliphatic rings. The molecule has 24 heavy (non-hydrogen) atoms. The second-order valence-corrected chi connectivity index (χ2v) is 6.05. The summed E-state index contributed by atoms with van der Waals surface area (Å²) in [5.74, 6) is 1.37. The number of rotatable bonds is 4. The van der Waals surface area contributed by atoms with E-state index in [1.807, 2.05) is 35.2 Å². The van der Waals surface area contributed by atoms with E-state index in [2.05, 4.69) is 6.07 Å². The van der Waals surface area contributed by atoms with Gasteiger partial charge < -0.3 is 9.64 Å². The first kappa shape index (κ1) is 16.1. The van der Waals surface area contributed by atoms with Gasteiger partial charge in [-0.05, 0) is 49.1 Å². The van der Waals surface area contributed by atoms with Crippen LogP contribution in [-0.2, 0) is 0 Å². The molecule has 0 aromatic heterocycles. The average molecular weight is 320 g/mol. The van der Waals surface area contributed by atoms with Crippen molar-refractivity contribution >= 4 is 5.91 Å². The van der Waals surface area contributed by atoms with E-state index in [0.29, 0.717) is 23.7 Å². The molecule has 0 atom stereocenters. The molecule has 0 unspecified atom stereocenters. The molecule has 1 heterocycles. The summed E-state index contributed by atoms with van der Waals surface area (Å²) >= 11 is 0. The Morgan fingerprint density at radius 3 is 2.58 bits per heavy atom. The van der Waals surface area contributed by atoms with Crippen LogP contribution in [-0.4, -0.2) is 30.5 Å². The van der Waals surface area contributed by atoms with Gasteiger partial charge in [0.15, 0.2) is 0 Å². The summed E-state index contributed by atoms with van der Waals surface area (Å²) in [6, 6.07) is 18.8. The number of benzene rings is 2. The molecule has 122 valence electrons. The number of amides is 1. The number of likely N-dealkylation sites (tertiary alicyclic amines) is 1. The van der Waals surface area contributed by atoms with Gasteiger partial charge in [-0.2, -0.15) is 5.26 Å². The van der Waals surface area contributed by atoms with Crippen molar-refractivity contribution in [2.75, 3.05) is 19.7 Å². The summed E-state index contributed by atoms with van der Waals surface area (Å²) in [7, 11) is 0. The van der Waals surface area contributed by atoms with Crippen LogP contribution in [0, 0.1) is 17.2 Å². The first-order chi connectivity index (χ1) is 11.8. The summed E-state index contributed by atoms with van der Waals surface area (Å²) in [6.07, 6.45) is 1.88. The molecule has 3 rings (SSSR count). The highest BCUT2D eigenvalue weighted by Gasteiger charge is 2.24. The van der Waals surface area contributed by atoms with Crippen LogP contribution in [0.3, 0.4) is 0 Å². The zero-order chi connectivity index (χ0) is 16.8. The lowest BCUT2D eigenvalue weighted by Crippen LogP contribution is -2.39. The van der Waals surface area contributed by atoms with Gasteiger partial charge in [0.25, 0.3) is 5.91 Å². The van der Waals surface area contributed by atoms with Gasteiger partial charge in [-0.15, -0.1) is 0 Å². The summed E-state index contributed by atoms with van der Waals surface area (Å²) < 4.78 is 5.82. The molecule has 0 bridgehead atoms. The maximum Gasteiger partial charge on any atom is 0.253 e. The summed E-state index contributed by atoms with van der Waals surface area (Å²) in [6.45, 7) is 2.16. The molecule has 2 aromatic rings. The third-order valence-corrected chi connectivity index (χ3v) is 4.37. The van der Waals surface area contributed by atoms with E-state index in [-0.39, 0.29) is 5.91 Å². The van der Waals surface area contributed by atoms with Crippen molar-refractivity contribution in [3.63, 3.8) is 0 Å². The molecule has 2 aromatic carbocycles. The minimum absolute atomic E-state index is 0.00882. The fraction of sp³-hybridized carbons (Fsp3) is 0.300. The number of hydrogen-bond acceptors (Lipinski definition) is 3. The zero-order valence-electron chi connectivity index (χ0n) is 13.5. The molecular weight excluding hydrogens is 300 g/mol. The lowest BCUT2D eigenvalue weighted by molar-refractivity contribution is 0.0661. The molecular formula is C20H20N2O2. The fourth-order valence-electron chi connectivity index (χ4n) is 2.94. The van der Waals surface area contributed by atoms with Crippen LogP contribution in [0.5, 0.6) is 5.75 Å². The van der Waals surface area contributed by atoms with Crippen molar-refractivity contribution in [1.29, 1.82) is 5.26 Å². The van der Waals surface area contributed by atoms with Crippen molar-refractivity contribution < 1.29 is 9.53 Å². The largest absolute Gasteiger partial charge is 0.493 e. The predicted octanol–water partition coefficient (Wildman–Crippen LogP) is 3.49. The average Bonchev–Trinajstić information content (AvgIpc) is 2.67. The molecule has 4 heteroatoms. The van der Waals surface area contributed by atoms with Crippen LogP contribution >= 0.6 is 0 Å². The molecule has 0 saturated carbocycles. The van der Waals surface area contributed by atoms with Crippen molar-refractivity contribution in [3.05, 3.63) is 65.7 Å². The second-order valence-electron chi connectivity index (χ2n) is 6.05. The van der Waals surface area contributed by atoms with Crippen LogP contribution in [0.4, 0.5) is 0 Å². The molecule has 0 aliphatic carbocycles. The minimum Gasteiger partial charge on any atom is -0.493 e. The molecule has 4 nitrogen and oxygen atoms in total. The Morgan fingerprint density at radius 1 is 1.12 bits per heavy atom. The maximum atomic E-state index is 12.5. The highest BCUT2D eigenvalue weighted by Crippen LogP contribution is 2.21. The van der Waals surface area contributed by atoms with Crippen molar-refractivity contribution in [1.82, 2.24) is 4.90 Å². The highest BCUT2D eigenvalue weighted by molar-refractivity contribution is 5.94. The van der Waals surface area contributed by atoms with Gasteiger partial charge >= 0.3 is 0 Å². The van der Waals surface area contributed by atoms with E-state index >= 15 is 0 Å². The van der Waals surface area contributed by atoms with Crippen LogP contribution in [0.25, 0.3) is 0 Å². The van der Waals surface area contributed by atoms with Crippen LogP contribution in [0.15, 0.2) is 54.6 Å². The molecule has 1 fully saturated rings. The Labute approximate surface area is 142 Å². The van der Waals surface area contributed by atoms with Gasteiger partial charge in [0.05, 0.1) is 18.2 Å². The SMILES string of the molecule is N#Cc1cccc(C(=O)N2CCC(COc3ccccc3)CC2)c1. The van der Waals surface area contributed by atoms with Gasteiger partial charge in [-0.25, -0.2) is 0 Å². The molecule has 0 spiro atoms. The first-order valence-corrected chi connectivity index (χ1v) is 8.23. The van der Waals surface area contributed by atoms with Gasteiger partial charge in [-0.3, -0.25) is 4.79 Å². The number of piperidine rings is 1. The summed E-state index contributed by atoms with van der Waals surface area (Å²) in [4.78, 5) is 14.4. The van der Waals surface area contributed by atoms with Crippen LogP contribution < -0.4 is 4.74 Å². The number of nitrogens with zero attached hydrogens (tertiary/aromatic N) is 2. The van der Waals surface area contributed by atoms with E-state index in [1.54, 1.807) is 24.3 Å². The summed E-state index contributed by atoms with van der Waals surface area (Å²) in [5, 5.41) is 8.95. The molecule has 0 N–H and O–H groups in total. The Hall–Kier alpha value is -2.80.